The molecule has 1 saturated heterocycles. The highest BCUT2D eigenvalue weighted by molar-refractivity contribution is 7.89. The summed E-state index contributed by atoms with van der Waals surface area (Å²) < 4.78 is 27.0. The van der Waals surface area contributed by atoms with Gasteiger partial charge < -0.3 is 10.4 Å². The van der Waals surface area contributed by atoms with Crippen LogP contribution in [0.1, 0.15) is 44.0 Å². The van der Waals surface area contributed by atoms with Crippen molar-refractivity contribution in [3.05, 3.63) is 29.8 Å². The molecule has 2 rings (SSSR count). The molecular formula is C17H26N2O4S. The number of benzene rings is 1. The van der Waals surface area contributed by atoms with Crippen molar-refractivity contribution in [2.75, 3.05) is 19.7 Å². The van der Waals surface area contributed by atoms with Crippen molar-refractivity contribution in [2.45, 2.75) is 44.0 Å². The first-order chi connectivity index (χ1) is 11.2. The summed E-state index contributed by atoms with van der Waals surface area (Å²) in [7, 11) is -3.59. The third-order valence-electron chi connectivity index (χ3n) is 4.32. The minimum Gasteiger partial charge on any atom is -0.394 e. The zero-order valence-corrected chi connectivity index (χ0v) is 15.3. The van der Waals surface area contributed by atoms with E-state index in [2.05, 4.69) is 12.2 Å². The van der Waals surface area contributed by atoms with Crippen molar-refractivity contribution in [3.63, 3.8) is 0 Å². The van der Waals surface area contributed by atoms with Crippen molar-refractivity contribution in [1.29, 1.82) is 0 Å². The Kier molecular flexibility index (Phi) is 5.67. The summed E-state index contributed by atoms with van der Waals surface area (Å²) in [6, 6.07) is 6.05. The molecule has 0 spiro atoms. The van der Waals surface area contributed by atoms with Crippen molar-refractivity contribution >= 4 is 15.9 Å². The lowest BCUT2D eigenvalue weighted by Crippen LogP contribution is -2.46. The van der Waals surface area contributed by atoms with Crippen LogP contribution in [-0.2, 0) is 10.0 Å². The largest absolute Gasteiger partial charge is 0.394 e. The molecule has 0 atom stereocenters. The smallest absolute Gasteiger partial charge is 0.251 e. The molecule has 1 aromatic carbocycles. The van der Waals surface area contributed by atoms with E-state index < -0.39 is 21.5 Å². The van der Waals surface area contributed by atoms with Crippen LogP contribution in [0.3, 0.4) is 0 Å². The predicted octanol–water partition coefficient (Wildman–Crippen LogP) is 1.61. The molecule has 7 heteroatoms. The molecule has 0 aliphatic carbocycles. The molecular weight excluding hydrogens is 328 g/mol. The van der Waals surface area contributed by atoms with Crippen molar-refractivity contribution in [3.8, 4) is 0 Å². The molecule has 0 saturated carbocycles. The average molecular weight is 354 g/mol. The van der Waals surface area contributed by atoms with Crippen molar-refractivity contribution < 1.29 is 18.3 Å². The van der Waals surface area contributed by atoms with Crippen molar-refractivity contribution in [2.24, 2.45) is 5.92 Å². The Morgan fingerprint density at radius 2 is 1.96 bits per heavy atom. The van der Waals surface area contributed by atoms with Crippen LogP contribution in [0, 0.1) is 5.92 Å². The van der Waals surface area contributed by atoms with E-state index in [9.17, 15) is 18.3 Å². The number of carbonyl (C=O) groups excluding carboxylic acids is 1. The number of nitrogens with zero attached hydrogens (tertiary/aromatic N) is 1. The lowest BCUT2D eigenvalue weighted by atomic mass is 10.0. The molecule has 0 radical (unpaired) electrons. The van der Waals surface area contributed by atoms with Gasteiger partial charge in [-0.25, -0.2) is 8.42 Å². The number of aliphatic hydroxyl groups is 1. The van der Waals surface area contributed by atoms with E-state index in [1.807, 2.05) is 0 Å². The maximum Gasteiger partial charge on any atom is 0.251 e. The summed E-state index contributed by atoms with van der Waals surface area (Å²) >= 11 is 0. The van der Waals surface area contributed by atoms with Gasteiger partial charge >= 0.3 is 0 Å². The second-order valence-corrected chi connectivity index (χ2v) is 9.05. The van der Waals surface area contributed by atoms with Crippen LogP contribution in [0.4, 0.5) is 0 Å². The summed E-state index contributed by atoms with van der Waals surface area (Å²) in [5.41, 5.74) is -0.502. The maximum absolute atomic E-state index is 12.8. The lowest BCUT2D eigenvalue weighted by Gasteiger charge is -2.29. The van der Waals surface area contributed by atoms with Gasteiger partial charge in [0.15, 0.2) is 0 Å². The molecule has 6 nitrogen and oxygen atoms in total. The van der Waals surface area contributed by atoms with Crippen LogP contribution < -0.4 is 5.32 Å². The SMILES string of the molecule is CC1CCN(S(=O)(=O)c2cccc(C(=O)NC(C)(C)CO)c2)CC1. The fraction of sp³-hybridized carbons (Fsp3) is 0.588. The van der Waals surface area contributed by atoms with E-state index in [0.29, 0.717) is 19.0 Å². The number of hydrogen-bond acceptors (Lipinski definition) is 4. The number of hydrogen-bond donors (Lipinski definition) is 2. The number of piperidine rings is 1. The summed E-state index contributed by atoms with van der Waals surface area (Å²) in [4.78, 5) is 12.4. The molecule has 1 fully saturated rings. The van der Waals surface area contributed by atoms with E-state index in [4.69, 9.17) is 0 Å². The molecule has 1 aromatic rings. The normalized spacial score (nSPS) is 17.7. The third kappa shape index (κ3) is 4.34. The highest BCUT2D eigenvalue weighted by atomic mass is 32.2. The van der Waals surface area contributed by atoms with Crippen LogP contribution in [-0.4, -0.2) is 49.0 Å². The molecule has 24 heavy (non-hydrogen) atoms. The van der Waals surface area contributed by atoms with E-state index in [-0.39, 0.29) is 17.1 Å². The van der Waals surface area contributed by atoms with Gasteiger partial charge in [-0.3, -0.25) is 4.79 Å². The lowest BCUT2D eigenvalue weighted by molar-refractivity contribution is 0.0869. The van der Waals surface area contributed by atoms with Crippen LogP contribution in [0.15, 0.2) is 29.2 Å². The highest BCUT2D eigenvalue weighted by Crippen LogP contribution is 2.24. The molecule has 1 aliphatic rings. The molecule has 0 unspecified atom stereocenters. The average Bonchev–Trinajstić information content (AvgIpc) is 2.55. The van der Waals surface area contributed by atoms with Gasteiger partial charge in [-0.05, 0) is 50.8 Å². The zero-order chi connectivity index (χ0) is 18.0. The Balaban J connectivity index is 2.22. The molecule has 0 aromatic heterocycles. The number of sulfonamides is 1. The molecule has 1 aliphatic heterocycles. The molecule has 1 amide bonds. The zero-order valence-electron chi connectivity index (χ0n) is 14.4. The number of aliphatic hydroxyl groups excluding tert-OH is 1. The minimum atomic E-state index is -3.59. The van der Waals surface area contributed by atoms with Gasteiger partial charge in [-0.1, -0.05) is 13.0 Å². The first-order valence-corrected chi connectivity index (χ1v) is 9.63. The predicted molar refractivity (Wildman–Crippen MR) is 92.2 cm³/mol. The van der Waals surface area contributed by atoms with E-state index in [1.165, 1.54) is 16.4 Å². The molecule has 1 heterocycles. The summed E-state index contributed by atoms with van der Waals surface area (Å²) in [5.74, 6) is 0.132. The second kappa shape index (κ2) is 7.21. The minimum absolute atomic E-state index is 0.131. The fourth-order valence-electron chi connectivity index (χ4n) is 2.59. The number of amides is 1. The van der Waals surface area contributed by atoms with Gasteiger partial charge in [0, 0.05) is 18.7 Å². The Labute approximate surface area is 143 Å². The number of rotatable bonds is 5. The topological polar surface area (TPSA) is 86.7 Å². The third-order valence-corrected chi connectivity index (χ3v) is 6.22. The first-order valence-electron chi connectivity index (χ1n) is 8.19. The highest BCUT2D eigenvalue weighted by Gasteiger charge is 2.29. The first kappa shape index (κ1) is 18.9. The van der Waals surface area contributed by atoms with Crippen molar-refractivity contribution in [1.82, 2.24) is 9.62 Å². The molecule has 2 N–H and O–H groups in total. The van der Waals surface area contributed by atoms with E-state index in [1.54, 1.807) is 26.0 Å². The van der Waals surface area contributed by atoms with Gasteiger partial charge in [0.1, 0.15) is 0 Å². The van der Waals surface area contributed by atoms with Gasteiger partial charge in [0.2, 0.25) is 10.0 Å². The van der Waals surface area contributed by atoms with Crippen LogP contribution in [0.25, 0.3) is 0 Å². The van der Waals surface area contributed by atoms with E-state index in [0.717, 1.165) is 12.8 Å². The number of nitrogens with one attached hydrogen (secondary N) is 1. The molecule has 134 valence electrons. The Morgan fingerprint density at radius 1 is 1.33 bits per heavy atom. The standard InChI is InChI=1S/C17H26N2O4S/c1-13-7-9-19(10-8-13)24(22,23)15-6-4-5-14(11-15)16(21)18-17(2,3)12-20/h4-6,11,13,20H,7-10,12H2,1-3H3,(H,18,21). The quantitative estimate of drug-likeness (QED) is 0.841. The fourth-order valence-corrected chi connectivity index (χ4v) is 4.11. The van der Waals surface area contributed by atoms with E-state index >= 15 is 0 Å². The van der Waals surface area contributed by atoms with Crippen LogP contribution >= 0.6 is 0 Å². The Bertz CT molecular complexity index is 692. The Hall–Kier alpha value is -1.44. The summed E-state index contributed by atoms with van der Waals surface area (Å²) in [6.45, 7) is 6.33. The maximum atomic E-state index is 12.8. The van der Waals surface area contributed by atoms with Crippen LogP contribution in [0.2, 0.25) is 0 Å². The van der Waals surface area contributed by atoms with Gasteiger partial charge in [0.25, 0.3) is 5.91 Å². The van der Waals surface area contributed by atoms with Gasteiger partial charge in [-0.2, -0.15) is 4.31 Å². The summed E-state index contributed by atoms with van der Waals surface area (Å²) in [6.07, 6.45) is 1.70. The Morgan fingerprint density at radius 3 is 2.54 bits per heavy atom. The number of carbonyl (C=O) groups is 1. The van der Waals surface area contributed by atoms with Gasteiger partial charge in [-0.15, -0.1) is 0 Å². The second-order valence-electron chi connectivity index (χ2n) is 7.11. The van der Waals surface area contributed by atoms with Crippen LogP contribution in [0.5, 0.6) is 0 Å². The molecule has 0 bridgehead atoms. The monoisotopic (exact) mass is 354 g/mol. The van der Waals surface area contributed by atoms with Gasteiger partial charge in [0.05, 0.1) is 17.0 Å². The summed E-state index contributed by atoms with van der Waals surface area (Å²) in [5, 5.41) is 11.9.